The minimum atomic E-state index is 0.00394. The molecular formula is C22H24N4O3S. The topological polar surface area (TPSA) is 71.9 Å². The lowest BCUT2D eigenvalue weighted by molar-refractivity contribution is 0.0786. The van der Waals surface area contributed by atoms with Crippen LogP contribution in [0.4, 0.5) is 0 Å². The number of ether oxygens (including phenoxy) is 2. The zero-order valence-corrected chi connectivity index (χ0v) is 18.3. The molecule has 8 heteroatoms. The van der Waals surface area contributed by atoms with Crippen LogP contribution >= 0.6 is 11.3 Å². The molecule has 0 radical (unpaired) electrons. The van der Waals surface area contributed by atoms with E-state index >= 15 is 0 Å². The van der Waals surface area contributed by atoms with Gasteiger partial charge in [0.25, 0.3) is 5.91 Å². The number of carbonyl (C=O) groups excluding carboxylic acids is 1. The monoisotopic (exact) mass is 424 g/mol. The number of benzene rings is 1. The maximum atomic E-state index is 13.2. The summed E-state index contributed by atoms with van der Waals surface area (Å²) in [6, 6.07) is 5.57. The van der Waals surface area contributed by atoms with Gasteiger partial charge in [0.1, 0.15) is 27.8 Å². The van der Waals surface area contributed by atoms with Gasteiger partial charge in [0.05, 0.1) is 25.4 Å². The van der Waals surface area contributed by atoms with Crippen molar-refractivity contribution in [3.8, 4) is 11.5 Å². The Morgan fingerprint density at radius 3 is 2.83 bits per heavy atom. The highest BCUT2D eigenvalue weighted by Crippen LogP contribution is 2.35. The maximum Gasteiger partial charge on any atom is 0.270 e. The number of aromatic nitrogens is 3. The number of fused-ring (bicyclic) bond motifs is 2. The first-order valence-corrected chi connectivity index (χ1v) is 10.8. The second kappa shape index (κ2) is 7.05. The minimum absolute atomic E-state index is 0.00394. The molecule has 0 saturated carbocycles. The molecule has 1 aliphatic rings. The van der Waals surface area contributed by atoms with E-state index in [1.165, 1.54) is 10.5 Å². The van der Waals surface area contributed by atoms with Crippen LogP contribution in [0.25, 0.3) is 15.7 Å². The zero-order valence-electron chi connectivity index (χ0n) is 17.5. The van der Waals surface area contributed by atoms with Crippen molar-refractivity contribution in [2.45, 2.75) is 26.2 Å². The molecule has 0 unspecified atom stereocenters. The van der Waals surface area contributed by atoms with Crippen molar-refractivity contribution in [2.75, 3.05) is 27.3 Å². The highest BCUT2D eigenvalue weighted by atomic mass is 32.1. The predicted octanol–water partition coefficient (Wildman–Crippen LogP) is 4.14. The maximum absolute atomic E-state index is 13.2. The summed E-state index contributed by atoms with van der Waals surface area (Å²) in [7, 11) is 3.23. The average Bonchev–Trinajstić information content (AvgIpc) is 3.51. The normalized spacial score (nSPS) is 16.7. The summed E-state index contributed by atoms with van der Waals surface area (Å²) < 4.78 is 13.0. The third-order valence-electron chi connectivity index (χ3n) is 5.94. The minimum Gasteiger partial charge on any atom is -0.497 e. The van der Waals surface area contributed by atoms with Gasteiger partial charge in [-0.05, 0) is 26.3 Å². The van der Waals surface area contributed by atoms with E-state index < -0.39 is 0 Å². The van der Waals surface area contributed by atoms with Gasteiger partial charge in [-0.2, -0.15) is 0 Å². The van der Waals surface area contributed by atoms with E-state index in [4.69, 9.17) is 14.5 Å². The number of thiazole rings is 1. The molecule has 0 aliphatic carbocycles. The van der Waals surface area contributed by atoms with Gasteiger partial charge < -0.3 is 19.4 Å². The number of amides is 1. The summed E-state index contributed by atoms with van der Waals surface area (Å²) >= 11 is 1.73. The number of carbonyl (C=O) groups is 1. The van der Waals surface area contributed by atoms with Gasteiger partial charge in [-0.25, -0.2) is 4.98 Å². The molecule has 156 valence electrons. The number of aryl methyl sites for hydroxylation is 2. The van der Waals surface area contributed by atoms with Crippen LogP contribution in [0.3, 0.4) is 0 Å². The lowest BCUT2D eigenvalue weighted by Crippen LogP contribution is -2.28. The molecule has 1 atom stereocenters. The number of imidazole rings is 1. The van der Waals surface area contributed by atoms with E-state index in [1.54, 1.807) is 25.6 Å². The van der Waals surface area contributed by atoms with Crippen LogP contribution < -0.4 is 9.47 Å². The van der Waals surface area contributed by atoms with Gasteiger partial charge in [-0.15, -0.1) is 11.3 Å². The van der Waals surface area contributed by atoms with Gasteiger partial charge in [0, 0.05) is 47.6 Å². The molecule has 1 amide bonds. The summed E-state index contributed by atoms with van der Waals surface area (Å²) in [5.41, 5.74) is 3.71. The molecule has 0 spiro atoms. The fourth-order valence-electron chi connectivity index (χ4n) is 4.44. The SMILES string of the molecule is COc1cc(OC)c2cc(C(=O)N3CC[C@H](c4nc(C)n5c(C)csc45)C3)[nH]c2c1. The first kappa shape index (κ1) is 19.0. The molecular weight excluding hydrogens is 400 g/mol. The molecule has 4 heterocycles. The van der Waals surface area contributed by atoms with Crippen LogP contribution in [-0.4, -0.2) is 52.5 Å². The van der Waals surface area contributed by atoms with Crippen molar-refractivity contribution >= 4 is 33.0 Å². The summed E-state index contributed by atoms with van der Waals surface area (Å²) in [5, 5.41) is 3.04. The highest BCUT2D eigenvalue weighted by molar-refractivity contribution is 7.15. The van der Waals surface area contributed by atoms with Gasteiger partial charge in [-0.3, -0.25) is 9.20 Å². The number of H-pyrrole nitrogens is 1. The van der Waals surface area contributed by atoms with Crippen LogP contribution in [-0.2, 0) is 0 Å². The lowest BCUT2D eigenvalue weighted by atomic mass is 10.1. The van der Waals surface area contributed by atoms with Crippen molar-refractivity contribution in [1.82, 2.24) is 19.3 Å². The van der Waals surface area contributed by atoms with Crippen LogP contribution in [0.1, 0.15) is 40.0 Å². The van der Waals surface area contributed by atoms with E-state index in [2.05, 4.69) is 21.7 Å². The van der Waals surface area contributed by atoms with Gasteiger partial charge in [-0.1, -0.05) is 0 Å². The van der Waals surface area contributed by atoms with Crippen molar-refractivity contribution in [1.29, 1.82) is 0 Å². The Kier molecular flexibility index (Phi) is 4.47. The van der Waals surface area contributed by atoms with Crippen molar-refractivity contribution in [3.63, 3.8) is 0 Å². The Bertz CT molecular complexity index is 1270. The molecule has 7 nitrogen and oxygen atoms in total. The van der Waals surface area contributed by atoms with Crippen molar-refractivity contribution in [3.05, 3.63) is 46.5 Å². The average molecular weight is 425 g/mol. The number of nitrogens with zero attached hydrogens (tertiary/aromatic N) is 3. The first-order valence-electron chi connectivity index (χ1n) is 9.97. The Morgan fingerprint density at radius 2 is 2.07 bits per heavy atom. The number of aromatic amines is 1. The summed E-state index contributed by atoms with van der Waals surface area (Å²) in [6.07, 6.45) is 0.923. The van der Waals surface area contributed by atoms with Gasteiger partial charge in [0.2, 0.25) is 0 Å². The zero-order chi connectivity index (χ0) is 21.0. The molecule has 5 rings (SSSR count). The first-order chi connectivity index (χ1) is 14.5. The second-order valence-corrected chi connectivity index (χ2v) is 8.63. The predicted molar refractivity (Wildman–Crippen MR) is 117 cm³/mol. The van der Waals surface area contributed by atoms with Crippen LogP contribution in [0.15, 0.2) is 23.6 Å². The molecule has 1 fully saturated rings. The third kappa shape index (κ3) is 2.86. The molecule has 1 N–H and O–H groups in total. The molecule has 1 aliphatic heterocycles. The van der Waals surface area contributed by atoms with Crippen molar-refractivity contribution in [2.24, 2.45) is 0 Å². The quantitative estimate of drug-likeness (QED) is 0.534. The Labute approximate surface area is 178 Å². The number of hydrogen-bond acceptors (Lipinski definition) is 5. The molecule has 0 bridgehead atoms. The molecule has 1 saturated heterocycles. The van der Waals surface area contributed by atoms with E-state index in [0.29, 0.717) is 23.7 Å². The smallest absolute Gasteiger partial charge is 0.270 e. The largest absolute Gasteiger partial charge is 0.497 e. The fraction of sp³-hybridized carbons (Fsp3) is 0.364. The van der Waals surface area contributed by atoms with E-state index in [1.807, 2.05) is 30.0 Å². The number of nitrogens with one attached hydrogen (secondary N) is 1. The summed E-state index contributed by atoms with van der Waals surface area (Å²) in [5.74, 6) is 2.65. The molecule has 3 aromatic heterocycles. The van der Waals surface area contributed by atoms with Crippen LogP contribution in [0.5, 0.6) is 11.5 Å². The number of rotatable bonds is 4. The third-order valence-corrected chi connectivity index (χ3v) is 7.02. The molecule has 30 heavy (non-hydrogen) atoms. The Hall–Kier alpha value is -3.00. The standard InChI is InChI=1S/C22H24N4O3S/c1-12-11-30-22-20(23-13(2)26(12)22)14-5-6-25(10-14)21(27)18-9-16-17(24-18)7-15(28-3)8-19(16)29-4/h7-9,11,14,24H,5-6,10H2,1-4H3/t14-/m0/s1. The van der Waals surface area contributed by atoms with E-state index in [0.717, 1.165) is 35.4 Å². The van der Waals surface area contributed by atoms with Gasteiger partial charge in [0.15, 0.2) is 0 Å². The molecule has 4 aromatic rings. The highest BCUT2D eigenvalue weighted by Gasteiger charge is 2.32. The fourth-order valence-corrected chi connectivity index (χ4v) is 5.54. The van der Waals surface area contributed by atoms with Crippen LogP contribution in [0.2, 0.25) is 0 Å². The molecule has 1 aromatic carbocycles. The summed E-state index contributed by atoms with van der Waals surface area (Å²) in [6.45, 7) is 5.55. The van der Waals surface area contributed by atoms with Crippen molar-refractivity contribution < 1.29 is 14.3 Å². The van der Waals surface area contributed by atoms with E-state index in [9.17, 15) is 4.79 Å². The van der Waals surface area contributed by atoms with E-state index in [-0.39, 0.29) is 11.8 Å². The Morgan fingerprint density at radius 1 is 1.23 bits per heavy atom. The number of likely N-dealkylation sites (tertiary alicyclic amines) is 1. The Balaban J connectivity index is 1.42. The second-order valence-electron chi connectivity index (χ2n) is 7.77. The number of methoxy groups -OCH3 is 2. The summed E-state index contributed by atoms with van der Waals surface area (Å²) in [4.78, 5) is 24.4. The lowest BCUT2D eigenvalue weighted by Gasteiger charge is -2.15. The van der Waals surface area contributed by atoms with Gasteiger partial charge >= 0.3 is 0 Å². The van der Waals surface area contributed by atoms with Crippen LogP contribution in [0, 0.1) is 13.8 Å². The number of hydrogen-bond donors (Lipinski definition) is 1.